The monoisotopic (exact) mass is 354 g/mol. The quantitative estimate of drug-likeness (QED) is 0.796. The van der Waals surface area contributed by atoms with E-state index >= 15 is 0 Å². The van der Waals surface area contributed by atoms with Crippen LogP contribution < -0.4 is 5.32 Å². The van der Waals surface area contributed by atoms with Gasteiger partial charge in [0.15, 0.2) is 0 Å². The highest BCUT2D eigenvalue weighted by atomic mass is 32.2. The number of ether oxygens (including phenoxy) is 1. The van der Waals surface area contributed by atoms with Crippen LogP contribution in [-0.4, -0.2) is 60.2 Å². The molecule has 0 aromatic carbocycles. The highest BCUT2D eigenvalue weighted by molar-refractivity contribution is 8.00. The van der Waals surface area contributed by atoms with Gasteiger partial charge in [-0.3, -0.25) is 4.79 Å². The van der Waals surface area contributed by atoms with Crippen LogP contribution in [0.3, 0.4) is 0 Å². The SMILES string of the molecule is CC1CCC(OCC(=O)N(CC2CCCS2)C2CCCNC2)CC1. The molecule has 2 aliphatic heterocycles. The number of nitrogens with zero attached hydrogens (tertiary/aromatic N) is 1. The maximum atomic E-state index is 12.9. The summed E-state index contributed by atoms with van der Waals surface area (Å²) in [6, 6.07) is 0.363. The maximum absolute atomic E-state index is 12.9. The van der Waals surface area contributed by atoms with Gasteiger partial charge in [0.05, 0.1) is 6.10 Å². The molecule has 2 heterocycles. The van der Waals surface area contributed by atoms with Gasteiger partial charge in [0.1, 0.15) is 6.61 Å². The maximum Gasteiger partial charge on any atom is 0.248 e. The van der Waals surface area contributed by atoms with Gasteiger partial charge in [0.2, 0.25) is 5.91 Å². The fourth-order valence-electron chi connectivity index (χ4n) is 4.23. The number of piperidine rings is 1. The molecule has 3 aliphatic rings. The van der Waals surface area contributed by atoms with Gasteiger partial charge in [-0.2, -0.15) is 11.8 Å². The number of rotatable bonds is 6. The van der Waals surface area contributed by atoms with E-state index in [1.165, 1.54) is 37.9 Å². The van der Waals surface area contributed by atoms with Gasteiger partial charge in [-0.05, 0) is 69.6 Å². The second-order valence-corrected chi connectivity index (χ2v) is 9.28. The van der Waals surface area contributed by atoms with Crippen molar-refractivity contribution < 1.29 is 9.53 Å². The summed E-state index contributed by atoms with van der Waals surface area (Å²) >= 11 is 2.04. The topological polar surface area (TPSA) is 41.6 Å². The fraction of sp³-hybridized carbons (Fsp3) is 0.947. The molecular formula is C19H34N2O2S. The third-order valence-corrected chi connectivity index (χ3v) is 7.24. The van der Waals surface area contributed by atoms with Gasteiger partial charge in [-0.15, -0.1) is 0 Å². The first-order valence-corrected chi connectivity index (χ1v) is 11.0. The van der Waals surface area contributed by atoms with Crippen LogP contribution in [0.1, 0.15) is 58.3 Å². The molecule has 0 spiro atoms. The molecule has 138 valence electrons. The number of amides is 1. The fourth-order valence-corrected chi connectivity index (χ4v) is 5.50. The molecule has 24 heavy (non-hydrogen) atoms. The van der Waals surface area contributed by atoms with Crippen LogP contribution in [0.25, 0.3) is 0 Å². The van der Waals surface area contributed by atoms with Crippen molar-refractivity contribution in [3.8, 4) is 0 Å². The minimum atomic E-state index is 0.217. The average Bonchev–Trinajstić information content (AvgIpc) is 3.13. The van der Waals surface area contributed by atoms with Crippen LogP contribution in [0.2, 0.25) is 0 Å². The number of thioether (sulfide) groups is 1. The second kappa shape index (κ2) is 9.44. The molecular weight excluding hydrogens is 320 g/mol. The normalized spacial score (nSPS) is 34.2. The minimum absolute atomic E-state index is 0.217. The van der Waals surface area contributed by atoms with Crippen molar-refractivity contribution in [2.45, 2.75) is 75.7 Å². The van der Waals surface area contributed by atoms with E-state index in [0.717, 1.165) is 44.8 Å². The zero-order valence-electron chi connectivity index (χ0n) is 15.2. The number of hydrogen-bond donors (Lipinski definition) is 1. The summed E-state index contributed by atoms with van der Waals surface area (Å²) in [7, 11) is 0. The van der Waals surface area contributed by atoms with E-state index in [0.29, 0.717) is 17.4 Å². The van der Waals surface area contributed by atoms with Gasteiger partial charge >= 0.3 is 0 Å². The summed E-state index contributed by atoms with van der Waals surface area (Å²) in [5, 5.41) is 4.09. The molecule has 2 saturated heterocycles. The van der Waals surface area contributed by atoms with Gasteiger partial charge in [0.25, 0.3) is 0 Å². The molecule has 3 rings (SSSR count). The molecule has 0 radical (unpaired) electrons. The first kappa shape index (κ1) is 18.5. The summed E-state index contributed by atoms with van der Waals surface area (Å²) in [6.45, 7) is 5.56. The molecule has 1 amide bonds. The molecule has 2 atom stereocenters. The Hall–Kier alpha value is -0.260. The summed E-state index contributed by atoms with van der Waals surface area (Å²) < 4.78 is 6.01. The Morgan fingerprint density at radius 1 is 1.17 bits per heavy atom. The molecule has 1 saturated carbocycles. The van der Waals surface area contributed by atoms with Crippen LogP contribution in [0.15, 0.2) is 0 Å². The molecule has 0 aromatic heterocycles. The Bertz CT molecular complexity index is 387. The van der Waals surface area contributed by atoms with Crippen molar-refractivity contribution >= 4 is 17.7 Å². The van der Waals surface area contributed by atoms with Crippen LogP contribution in [-0.2, 0) is 9.53 Å². The highest BCUT2D eigenvalue weighted by Gasteiger charge is 2.30. The molecule has 1 N–H and O–H groups in total. The lowest BCUT2D eigenvalue weighted by Gasteiger charge is -2.36. The van der Waals surface area contributed by atoms with Crippen molar-refractivity contribution in [1.82, 2.24) is 10.2 Å². The van der Waals surface area contributed by atoms with E-state index in [1.54, 1.807) is 0 Å². The van der Waals surface area contributed by atoms with Crippen molar-refractivity contribution in [2.24, 2.45) is 5.92 Å². The van der Waals surface area contributed by atoms with Crippen molar-refractivity contribution in [2.75, 3.05) is 32.0 Å². The zero-order chi connectivity index (χ0) is 16.8. The Balaban J connectivity index is 1.51. The number of nitrogens with one attached hydrogen (secondary N) is 1. The van der Waals surface area contributed by atoms with Crippen LogP contribution >= 0.6 is 11.8 Å². The van der Waals surface area contributed by atoms with Gasteiger partial charge in [-0.25, -0.2) is 0 Å². The lowest BCUT2D eigenvalue weighted by Crippen LogP contribution is -2.51. The van der Waals surface area contributed by atoms with Crippen molar-refractivity contribution in [3.05, 3.63) is 0 Å². The van der Waals surface area contributed by atoms with E-state index in [1.807, 2.05) is 11.8 Å². The van der Waals surface area contributed by atoms with Crippen molar-refractivity contribution in [1.29, 1.82) is 0 Å². The lowest BCUT2D eigenvalue weighted by molar-refractivity contribution is -0.141. The summed E-state index contributed by atoms with van der Waals surface area (Å²) in [5.41, 5.74) is 0. The molecule has 5 heteroatoms. The first-order valence-electron chi connectivity index (χ1n) is 9.95. The van der Waals surface area contributed by atoms with E-state index in [2.05, 4.69) is 17.1 Å². The average molecular weight is 355 g/mol. The Kier molecular flexibility index (Phi) is 7.29. The lowest BCUT2D eigenvalue weighted by atomic mass is 9.89. The van der Waals surface area contributed by atoms with Crippen LogP contribution in [0.4, 0.5) is 0 Å². The largest absolute Gasteiger partial charge is 0.368 e. The van der Waals surface area contributed by atoms with Gasteiger partial charge in [-0.1, -0.05) is 6.92 Å². The van der Waals surface area contributed by atoms with E-state index in [4.69, 9.17) is 4.74 Å². The number of hydrogen-bond acceptors (Lipinski definition) is 4. The number of carbonyl (C=O) groups is 1. The molecule has 1 aliphatic carbocycles. The van der Waals surface area contributed by atoms with E-state index in [-0.39, 0.29) is 12.5 Å². The highest BCUT2D eigenvalue weighted by Crippen LogP contribution is 2.29. The standard InChI is InChI=1S/C19H34N2O2S/c1-15-6-8-17(9-7-15)23-14-19(22)21(13-18-5-3-11-24-18)16-4-2-10-20-12-16/h15-18,20H,2-14H2,1H3. The Labute approximate surface area is 151 Å². The molecule has 0 aromatic rings. The van der Waals surface area contributed by atoms with Gasteiger partial charge < -0.3 is 15.0 Å². The third kappa shape index (κ3) is 5.37. The zero-order valence-corrected chi connectivity index (χ0v) is 16.0. The van der Waals surface area contributed by atoms with Crippen molar-refractivity contribution in [3.63, 3.8) is 0 Å². The smallest absolute Gasteiger partial charge is 0.248 e. The van der Waals surface area contributed by atoms with E-state index < -0.39 is 0 Å². The summed E-state index contributed by atoms with van der Waals surface area (Å²) in [5.74, 6) is 2.30. The number of carbonyl (C=O) groups excluding carboxylic acids is 1. The Morgan fingerprint density at radius 3 is 2.67 bits per heavy atom. The minimum Gasteiger partial charge on any atom is -0.368 e. The van der Waals surface area contributed by atoms with Crippen LogP contribution in [0.5, 0.6) is 0 Å². The van der Waals surface area contributed by atoms with Crippen LogP contribution in [0, 0.1) is 5.92 Å². The Morgan fingerprint density at radius 2 is 2.00 bits per heavy atom. The predicted octanol–water partition coefficient (Wildman–Crippen LogP) is 3.06. The molecule has 4 nitrogen and oxygen atoms in total. The van der Waals surface area contributed by atoms with E-state index in [9.17, 15) is 4.79 Å². The predicted molar refractivity (Wildman–Crippen MR) is 100 cm³/mol. The second-order valence-electron chi connectivity index (χ2n) is 7.87. The molecule has 2 unspecified atom stereocenters. The summed E-state index contributed by atoms with van der Waals surface area (Å²) in [6.07, 6.45) is 9.91. The molecule has 0 bridgehead atoms. The first-order chi connectivity index (χ1) is 11.7. The summed E-state index contributed by atoms with van der Waals surface area (Å²) in [4.78, 5) is 15.1. The third-order valence-electron chi connectivity index (χ3n) is 5.86. The molecule has 3 fully saturated rings. The van der Waals surface area contributed by atoms with Gasteiger partial charge in [0, 0.05) is 24.4 Å².